The summed E-state index contributed by atoms with van der Waals surface area (Å²) in [6.45, 7) is 10.7. The van der Waals surface area contributed by atoms with E-state index in [1.807, 2.05) is 13.8 Å². The fourth-order valence-electron chi connectivity index (χ4n) is 1.77. The van der Waals surface area contributed by atoms with E-state index in [0.717, 1.165) is 32.6 Å². The van der Waals surface area contributed by atoms with Crippen LogP contribution in [0.4, 0.5) is 0 Å². The monoisotopic (exact) mass is 209 g/mol. The molecule has 0 spiro atoms. The largest absolute Gasteiger partial charge is 0.314 e. The Morgan fingerprint density at radius 1 is 1.40 bits per heavy atom. The molecule has 0 aromatic rings. The molecule has 3 nitrogen and oxygen atoms in total. The van der Waals surface area contributed by atoms with E-state index in [9.17, 15) is 0 Å². The number of hydrogen-bond donors (Lipinski definition) is 1. The average molecular weight is 209 g/mol. The van der Waals surface area contributed by atoms with Gasteiger partial charge in [0.2, 0.25) is 0 Å². The number of rotatable bonds is 6. The maximum absolute atomic E-state index is 8.97. The van der Waals surface area contributed by atoms with Crippen LogP contribution in [0.25, 0.3) is 0 Å². The zero-order chi connectivity index (χ0) is 11.3. The lowest BCUT2D eigenvalue weighted by Crippen LogP contribution is -2.57. The highest BCUT2D eigenvalue weighted by atomic mass is 15.2. The normalized spacial score (nSPS) is 17.5. The van der Waals surface area contributed by atoms with Crippen molar-refractivity contribution in [3.05, 3.63) is 0 Å². The first kappa shape index (κ1) is 12.5. The van der Waals surface area contributed by atoms with E-state index in [0.29, 0.717) is 6.04 Å². The van der Waals surface area contributed by atoms with E-state index in [4.69, 9.17) is 5.26 Å². The lowest BCUT2D eigenvalue weighted by molar-refractivity contribution is 0.133. The molecule has 0 aliphatic carbocycles. The van der Waals surface area contributed by atoms with E-state index >= 15 is 0 Å². The minimum Gasteiger partial charge on any atom is -0.314 e. The van der Waals surface area contributed by atoms with Gasteiger partial charge in [-0.05, 0) is 33.2 Å². The van der Waals surface area contributed by atoms with Gasteiger partial charge in [-0.2, -0.15) is 5.26 Å². The maximum atomic E-state index is 8.97. The molecule has 1 aliphatic heterocycles. The molecule has 0 unspecified atom stereocenters. The molecule has 0 saturated carbocycles. The van der Waals surface area contributed by atoms with Crippen molar-refractivity contribution in [1.29, 1.82) is 5.26 Å². The summed E-state index contributed by atoms with van der Waals surface area (Å²) in [5, 5.41) is 12.3. The summed E-state index contributed by atoms with van der Waals surface area (Å²) in [7, 11) is 0. The molecule has 15 heavy (non-hydrogen) atoms. The molecule has 0 atom stereocenters. The van der Waals surface area contributed by atoms with Crippen molar-refractivity contribution in [1.82, 2.24) is 10.2 Å². The van der Waals surface area contributed by atoms with Crippen LogP contribution >= 0.6 is 0 Å². The first-order chi connectivity index (χ1) is 7.09. The Hall–Kier alpha value is -0.590. The highest BCUT2D eigenvalue weighted by Gasteiger charge is 2.26. The van der Waals surface area contributed by atoms with E-state index in [1.165, 1.54) is 6.42 Å². The van der Waals surface area contributed by atoms with Crippen LogP contribution in [0.2, 0.25) is 0 Å². The Morgan fingerprint density at radius 2 is 2.07 bits per heavy atom. The SMILES string of the molecule is CCCN(CCC(C)(C)C#N)C1CNC1. The summed E-state index contributed by atoms with van der Waals surface area (Å²) in [5.74, 6) is 0. The van der Waals surface area contributed by atoms with Crippen LogP contribution in [-0.4, -0.2) is 37.1 Å². The number of hydrogen-bond acceptors (Lipinski definition) is 3. The van der Waals surface area contributed by atoms with E-state index in [-0.39, 0.29) is 5.41 Å². The molecule has 1 N–H and O–H groups in total. The molecule has 1 fully saturated rings. The van der Waals surface area contributed by atoms with Crippen LogP contribution in [0.1, 0.15) is 33.6 Å². The summed E-state index contributed by atoms with van der Waals surface area (Å²) in [4.78, 5) is 2.52. The first-order valence-corrected chi connectivity index (χ1v) is 5.95. The fraction of sp³-hybridized carbons (Fsp3) is 0.917. The van der Waals surface area contributed by atoms with Gasteiger partial charge in [0, 0.05) is 25.7 Å². The first-order valence-electron chi connectivity index (χ1n) is 5.95. The zero-order valence-electron chi connectivity index (χ0n) is 10.2. The zero-order valence-corrected chi connectivity index (χ0v) is 10.2. The van der Waals surface area contributed by atoms with Crippen molar-refractivity contribution in [3.63, 3.8) is 0 Å². The standard InChI is InChI=1S/C12H23N3/c1-4-6-15(11-8-14-9-11)7-5-12(2,3)10-13/h11,14H,4-9H2,1-3H3. The highest BCUT2D eigenvalue weighted by molar-refractivity contribution is 4.93. The molecule has 1 rings (SSSR count). The van der Waals surface area contributed by atoms with E-state index in [1.54, 1.807) is 0 Å². The summed E-state index contributed by atoms with van der Waals surface area (Å²) < 4.78 is 0. The topological polar surface area (TPSA) is 39.1 Å². The predicted molar refractivity (Wildman–Crippen MR) is 62.5 cm³/mol. The molecule has 0 aromatic carbocycles. The Kier molecular flexibility index (Phi) is 4.56. The van der Waals surface area contributed by atoms with Crippen molar-refractivity contribution < 1.29 is 0 Å². The highest BCUT2D eigenvalue weighted by Crippen LogP contribution is 2.20. The molecular formula is C12H23N3. The maximum Gasteiger partial charge on any atom is 0.0684 e. The third kappa shape index (κ3) is 3.81. The molecule has 1 saturated heterocycles. The quantitative estimate of drug-likeness (QED) is 0.722. The molecular weight excluding hydrogens is 186 g/mol. The van der Waals surface area contributed by atoms with Crippen molar-refractivity contribution in [3.8, 4) is 6.07 Å². The van der Waals surface area contributed by atoms with Gasteiger partial charge in [0.1, 0.15) is 0 Å². The minimum atomic E-state index is -0.177. The van der Waals surface area contributed by atoms with Crippen molar-refractivity contribution in [2.24, 2.45) is 5.41 Å². The Bertz CT molecular complexity index is 226. The van der Waals surface area contributed by atoms with Gasteiger partial charge in [-0.25, -0.2) is 0 Å². The van der Waals surface area contributed by atoms with Gasteiger partial charge < -0.3 is 5.32 Å². The molecule has 0 radical (unpaired) electrons. The molecule has 3 heteroatoms. The smallest absolute Gasteiger partial charge is 0.0684 e. The lowest BCUT2D eigenvalue weighted by Gasteiger charge is -2.39. The summed E-state index contributed by atoms with van der Waals surface area (Å²) in [6, 6.07) is 3.08. The van der Waals surface area contributed by atoms with Crippen molar-refractivity contribution in [2.45, 2.75) is 39.7 Å². The molecule has 1 heterocycles. The van der Waals surface area contributed by atoms with E-state index < -0.39 is 0 Å². The lowest BCUT2D eigenvalue weighted by atomic mass is 9.91. The number of nitriles is 1. The van der Waals surface area contributed by atoms with Crippen LogP contribution in [0, 0.1) is 16.7 Å². The Labute approximate surface area is 93.5 Å². The average Bonchev–Trinajstić information content (AvgIpc) is 2.12. The fourth-order valence-corrected chi connectivity index (χ4v) is 1.77. The number of nitrogens with one attached hydrogen (secondary N) is 1. The van der Waals surface area contributed by atoms with Crippen molar-refractivity contribution >= 4 is 0 Å². The molecule has 0 amide bonds. The second-order valence-corrected chi connectivity index (χ2v) is 5.09. The van der Waals surface area contributed by atoms with Gasteiger partial charge in [0.05, 0.1) is 11.5 Å². The summed E-state index contributed by atoms with van der Waals surface area (Å²) in [6.07, 6.45) is 2.17. The van der Waals surface area contributed by atoms with Gasteiger partial charge >= 0.3 is 0 Å². The summed E-state index contributed by atoms with van der Waals surface area (Å²) >= 11 is 0. The minimum absolute atomic E-state index is 0.177. The molecule has 86 valence electrons. The van der Waals surface area contributed by atoms with Gasteiger partial charge in [-0.3, -0.25) is 4.90 Å². The number of nitrogens with zero attached hydrogens (tertiary/aromatic N) is 2. The van der Waals surface area contributed by atoms with Crippen LogP contribution in [0.15, 0.2) is 0 Å². The van der Waals surface area contributed by atoms with Gasteiger partial charge in [-0.15, -0.1) is 0 Å². The Balaban J connectivity index is 2.34. The predicted octanol–water partition coefficient (Wildman–Crippen LogP) is 1.61. The van der Waals surface area contributed by atoms with Gasteiger partial charge in [0.15, 0.2) is 0 Å². The summed E-state index contributed by atoms with van der Waals surface area (Å²) in [5.41, 5.74) is -0.177. The van der Waals surface area contributed by atoms with Crippen molar-refractivity contribution in [2.75, 3.05) is 26.2 Å². The Morgan fingerprint density at radius 3 is 2.47 bits per heavy atom. The van der Waals surface area contributed by atoms with Crippen LogP contribution in [0.3, 0.4) is 0 Å². The van der Waals surface area contributed by atoms with Gasteiger partial charge in [0.25, 0.3) is 0 Å². The second-order valence-electron chi connectivity index (χ2n) is 5.09. The molecule has 0 aromatic heterocycles. The molecule has 1 aliphatic rings. The van der Waals surface area contributed by atoms with Crippen LogP contribution in [0.5, 0.6) is 0 Å². The molecule has 0 bridgehead atoms. The van der Waals surface area contributed by atoms with Crippen LogP contribution < -0.4 is 5.32 Å². The van der Waals surface area contributed by atoms with Crippen LogP contribution in [-0.2, 0) is 0 Å². The van der Waals surface area contributed by atoms with E-state index in [2.05, 4.69) is 23.2 Å². The second kappa shape index (κ2) is 5.48. The third-order valence-electron chi connectivity index (χ3n) is 3.11. The third-order valence-corrected chi connectivity index (χ3v) is 3.11. The van der Waals surface area contributed by atoms with Gasteiger partial charge in [-0.1, -0.05) is 6.92 Å².